The standard InChI is InChI=1S/C11H9NO3/c12-5-1-2-9-6-8(7-11(14)15)3-4-10(9)13/h1-4,6,13H,7H2,(H,14,15). The van der Waals surface area contributed by atoms with Gasteiger partial charge in [-0.3, -0.25) is 4.79 Å². The molecule has 0 radical (unpaired) electrons. The maximum absolute atomic E-state index is 10.4. The van der Waals surface area contributed by atoms with Crippen LogP contribution in [-0.4, -0.2) is 16.2 Å². The Labute approximate surface area is 86.7 Å². The Balaban J connectivity index is 3.00. The average Bonchev–Trinajstić information content (AvgIpc) is 2.18. The summed E-state index contributed by atoms with van der Waals surface area (Å²) in [5, 5.41) is 26.3. The topological polar surface area (TPSA) is 81.3 Å². The van der Waals surface area contributed by atoms with E-state index in [0.717, 1.165) is 0 Å². The van der Waals surface area contributed by atoms with Gasteiger partial charge in [-0.25, -0.2) is 0 Å². The molecule has 0 amide bonds. The van der Waals surface area contributed by atoms with Gasteiger partial charge in [-0.2, -0.15) is 5.26 Å². The van der Waals surface area contributed by atoms with E-state index < -0.39 is 5.97 Å². The van der Waals surface area contributed by atoms with E-state index in [4.69, 9.17) is 10.4 Å². The van der Waals surface area contributed by atoms with Gasteiger partial charge in [0, 0.05) is 11.6 Å². The first kappa shape index (κ1) is 10.8. The molecule has 0 saturated carbocycles. The van der Waals surface area contributed by atoms with E-state index in [1.165, 1.54) is 30.4 Å². The van der Waals surface area contributed by atoms with Crippen LogP contribution in [0.5, 0.6) is 5.75 Å². The number of benzene rings is 1. The highest BCUT2D eigenvalue weighted by atomic mass is 16.4. The van der Waals surface area contributed by atoms with Gasteiger partial charge in [0.15, 0.2) is 0 Å². The van der Waals surface area contributed by atoms with Crippen LogP contribution in [0.25, 0.3) is 6.08 Å². The summed E-state index contributed by atoms with van der Waals surface area (Å²) in [6.45, 7) is 0. The molecule has 0 aliphatic carbocycles. The fraction of sp³-hybridized carbons (Fsp3) is 0.0909. The van der Waals surface area contributed by atoms with Crippen LogP contribution in [-0.2, 0) is 11.2 Å². The second-order valence-corrected chi connectivity index (χ2v) is 2.93. The minimum atomic E-state index is -0.934. The number of nitrogens with zero attached hydrogens (tertiary/aromatic N) is 1. The maximum atomic E-state index is 10.4. The number of carboxylic acid groups (broad SMARTS) is 1. The van der Waals surface area contributed by atoms with Crippen molar-refractivity contribution in [2.24, 2.45) is 0 Å². The number of carboxylic acids is 1. The van der Waals surface area contributed by atoms with E-state index in [0.29, 0.717) is 11.1 Å². The number of nitriles is 1. The third kappa shape index (κ3) is 3.16. The van der Waals surface area contributed by atoms with Crippen molar-refractivity contribution >= 4 is 12.0 Å². The molecule has 0 aliphatic heterocycles. The molecular weight excluding hydrogens is 194 g/mol. The number of phenolic OH excluding ortho intramolecular Hbond substituents is 1. The minimum Gasteiger partial charge on any atom is -0.507 e. The molecule has 1 aromatic rings. The largest absolute Gasteiger partial charge is 0.507 e. The number of rotatable bonds is 3. The third-order valence-electron chi connectivity index (χ3n) is 1.78. The van der Waals surface area contributed by atoms with Crippen molar-refractivity contribution in [2.45, 2.75) is 6.42 Å². The molecule has 0 spiro atoms. The van der Waals surface area contributed by atoms with Gasteiger partial charge in [-0.15, -0.1) is 0 Å². The summed E-state index contributed by atoms with van der Waals surface area (Å²) in [5.41, 5.74) is 1.02. The van der Waals surface area contributed by atoms with Gasteiger partial charge in [-0.05, 0) is 23.8 Å². The Morgan fingerprint density at radius 2 is 2.27 bits per heavy atom. The van der Waals surface area contributed by atoms with Crippen molar-refractivity contribution in [3.63, 3.8) is 0 Å². The van der Waals surface area contributed by atoms with E-state index in [9.17, 15) is 9.90 Å². The summed E-state index contributed by atoms with van der Waals surface area (Å²) < 4.78 is 0. The Morgan fingerprint density at radius 1 is 1.53 bits per heavy atom. The first-order valence-corrected chi connectivity index (χ1v) is 4.23. The molecule has 76 valence electrons. The molecule has 0 bridgehead atoms. The fourth-order valence-corrected chi connectivity index (χ4v) is 1.15. The van der Waals surface area contributed by atoms with Crippen LogP contribution in [0.4, 0.5) is 0 Å². The quantitative estimate of drug-likeness (QED) is 0.730. The van der Waals surface area contributed by atoms with E-state index in [1.807, 2.05) is 0 Å². The zero-order valence-electron chi connectivity index (χ0n) is 7.84. The lowest BCUT2D eigenvalue weighted by Crippen LogP contribution is -1.99. The maximum Gasteiger partial charge on any atom is 0.307 e. The van der Waals surface area contributed by atoms with Gasteiger partial charge >= 0.3 is 5.97 Å². The summed E-state index contributed by atoms with van der Waals surface area (Å²) >= 11 is 0. The molecular formula is C11H9NO3. The number of hydrogen-bond acceptors (Lipinski definition) is 3. The lowest BCUT2D eigenvalue weighted by molar-refractivity contribution is -0.136. The summed E-state index contributed by atoms with van der Waals surface area (Å²) in [6.07, 6.45) is 2.55. The second kappa shape index (κ2) is 4.82. The lowest BCUT2D eigenvalue weighted by Gasteiger charge is -2.01. The molecule has 0 heterocycles. The van der Waals surface area contributed by atoms with Crippen LogP contribution in [0.2, 0.25) is 0 Å². The first-order valence-electron chi connectivity index (χ1n) is 4.23. The van der Waals surface area contributed by atoms with Crippen LogP contribution in [0.3, 0.4) is 0 Å². The first-order chi connectivity index (χ1) is 7.13. The number of carbonyl (C=O) groups is 1. The smallest absolute Gasteiger partial charge is 0.307 e. The third-order valence-corrected chi connectivity index (χ3v) is 1.78. The summed E-state index contributed by atoms with van der Waals surface area (Å²) in [4.78, 5) is 10.4. The molecule has 4 heteroatoms. The number of allylic oxidation sites excluding steroid dienone is 1. The molecule has 1 rings (SSSR count). The average molecular weight is 203 g/mol. The number of phenols is 1. The molecule has 1 aromatic carbocycles. The predicted octanol–water partition coefficient (Wildman–Crippen LogP) is 1.56. The minimum absolute atomic E-state index is 0.0237. The van der Waals surface area contributed by atoms with E-state index in [-0.39, 0.29) is 12.2 Å². The predicted molar refractivity (Wildman–Crippen MR) is 54.1 cm³/mol. The zero-order chi connectivity index (χ0) is 11.3. The van der Waals surface area contributed by atoms with Crippen molar-refractivity contribution < 1.29 is 15.0 Å². The van der Waals surface area contributed by atoms with Gasteiger partial charge in [0.05, 0.1) is 12.5 Å². The van der Waals surface area contributed by atoms with Crippen LogP contribution in [0.1, 0.15) is 11.1 Å². The zero-order valence-corrected chi connectivity index (χ0v) is 7.84. The molecule has 0 fully saturated rings. The highest BCUT2D eigenvalue weighted by Crippen LogP contribution is 2.20. The van der Waals surface area contributed by atoms with Crippen LogP contribution >= 0.6 is 0 Å². The van der Waals surface area contributed by atoms with Gasteiger partial charge in [-0.1, -0.05) is 6.07 Å². The van der Waals surface area contributed by atoms with Crippen molar-refractivity contribution in [2.75, 3.05) is 0 Å². The SMILES string of the molecule is N#CC=Cc1cc(CC(=O)O)ccc1O. The highest BCUT2D eigenvalue weighted by molar-refractivity contribution is 5.71. The van der Waals surface area contributed by atoms with E-state index in [1.54, 1.807) is 6.07 Å². The summed E-state index contributed by atoms with van der Waals surface area (Å²) in [5.74, 6) is -0.911. The molecule has 4 nitrogen and oxygen atoms in total. The fourth-order valence-electron chi connectivity index (χ4n) is 1.15. The van der Waals surface area contributed by atoms with Gasteiger partial charge in [0.2, 0.25) is 0 Å². The van der Waals surface area contributed by atoms with E-state index >= 15 is 0 Å². The van der Waals surface area contributed by atoms with Crippen molar-refractivity contribution in [3.05, 3.63) is 35.4 Å². The molecule has 0 unspecified atom stereocenters. The molecule has 0 atom stereocenters. The lowest BCUT2D eigenvalue weighted by atomic mass is 10.1. The van der Waals surface area contributed by atoms with Crippen molar-refractivity contribution in [1.29, 1.82) is 5.26 Å². The van der Waals surface area contributed by atoms with Crippen LogP contribution < -0.4 is 0 Å². The summed E-state index contributed by atoms with van der Waals surface area (Å²) in [6, 6.07) is 6.28. The van der Waals surface area contributed by atoms with Gasteiger partial charge < -0.3 is 10.2 Å². The number of hydrogen-bond donors (Lipinski definition) is 2. The molecule has 15 heavy (non-hydrogen) atoms. The number of aliphatic carboxylic acids is 1. The molecule has 0 aliphatic rings. The molecule has 0 saturated heterocycles. The molecule has 2 N–H and O–H groups in total. The van der Waals surface area contributed by atoms with Crippen LogP contribution in [0.15, 0.2) is 24.3 Å². The van der Waals surface area contributed by atoms with Gasteiger partial charge in [0.25, 0.3) is 0 Å². The van der Waals surface area contributed by atoms with Crippen molar-refractivity contribution in [3.8, 4) is 11.8 Å². The normalized spacial score (nSPS) is 10.1. The highest BCUT2D eigenvalue weighted by Gasteiger charge is 2.03. The second-order valence-electron chi connectivity index (χ2n) is 2.93. The summed E-state index contributed by atoms with van der Waals surface area (Å²) in [7, 11) is 0. The Kier molecular flexibility index (Phi) is 3.47. The number of aromatic hydroxyl groups is 1. The van der Waals surface area contributed by atoms with E-state index in [2.05, 4.69) is 0 Å². The Bertz CT molecular complexity index is 444. The van der Waals surface area contributed by atoms with Gasteiger partial charge in [0.1, 0.15) is 5.75 Å². The van der Waals surface area contributed by atoms with Crippen LogP contribution in [0, 0.1) is 11.3 Å². The Hall–Kier alpha value is -2.28. The monoisotopic (exact) mass is 203 g/mol. The molecule has 0 aromatic heterocycles. The van der Waals surface area contributed by atoms with Crippen molar-refractivity contribution in [1.82, 2.24) is 0 Å². The Morgan fingerprint density at radius 3 is 2.87 bits per heavy atom.